The molecule has 32 heavy (non-hydrogen) atoms. The lowest BCUT2D eigenvalue weighted by Crippen LogP contribution is -2.43. The molecule has 0 bridgehead atoms. The van der Waals surface area contributed by atoms with Gasteiger partial charge in [-0.15, -0.1) is 0 Å². The average molecular weight is 474 g/mol. The van der Waals surface area contributed by atoms with Crippen LogP contribution in [0.1, 0.15) is 44.6 Å². The first-order chi connectivity index (χ1) is 15.2. The lowest BCUT2D eigenvalue weighted by atomic mass is 9.69. The number of allylic oxidation sites excluding steroid dienone is 2. The van der Waals surface area contributed by atoms with Crippen molar-refractivity contribution in [1.29, 1.82) is 0 Å². The molecular formula is C25H25Cl2NO4. The highest BCUT2D eigenvalue weighted by Gasteiger charge is 2.45. The molecule has 0 N–H and O–H groups in total. The van der Waals surface area contributed by atoms with Crippen LogP contribution in [0.4, 0.5) is 5.69 Å². The lowest BCUT2D eigenvalue weighted by Gasteiger charge is -2.43. The Hall–Kier alpha value is -2.50. The smallest absolute Gasteiger partial charge is 0.232 e. The van der Waals surface area contributed by atoms with E-state index < -0.39 is 5.92 Å². The number of carbonyl (C=O) groups excluding carboxylic acids is 2. The molecule has 1 heterocycles. The van der Waals surface area contributed by atoms with Crippen molar-refractivity contribution in [2.24, 2.45) is 5.41 Å². The van der Waals surface area contributed by atoms with Gasteiger partial charge >= 0.3 is 0 Å². The summed E-state index contributed by atoms with van der Waals surface area (Å²) in [6.07, 6.45) is 1.13. The number of rotatable bonds is 4. The molecule has 1 aliphatic heterocycles. The second kappa shape index (κ2) is 8.45. The maximum atomic E-state index is 13.5. The summed E-state index contributed by atoms with van der Waals surface area (Å²) in [6.45, 7) is 4.09. The van der Waals surface area contributed by atoms with Crippen LogP contribution in [-0.4, -0.2) is 25.9 Å². The molecule has 1 amide bonds. The third-order valence-electron chi connectivity index (χ3n) is 6.11. The number of anilines is 1. The first-order valence-electron chi connectivity index (χ1n) is 10.4. The predicted molar refractivity (Wildman–Crippen MR) is 126 cm³/mol. The zero-order valence-corrected chi connectivity index (χ0v) is 20.0. The summed E-state index contributed by atoms with van der Waals surface area (Å²) in [4.78, 5) is 28.6. The van der Waals surface area contributed by atoms with Gasteiger partial charge in [0, 0.05) is 35.6 Å². The zero-order chi connectivity index (χ0) is 23.2. The van der Waals surface area contributed by atoms with Gasteiger partial charge < -0.3 is 9.47 Å². The van der Waals surface area contributed by atoms with Gasteiger partial charge in [0.25, 0.3) is 0 Å². The lowest BCUT2D eigenvalue weighted by molar-refractivity contribution is -0.121. The van der Waals surface area contributed by atoms with E-state index in [9.17, 15) is 9.59 Å². The average Bonchev–Trinajstić information content (AvgIpc) is 2.73. The van der Waals surface area contributed by atoms with Gasteiger partial charge in [-0.3, -0.25) is 14.5 Å². The Bertz CT molecular complexity index is 1140. The fourth-order valence-electron chi connectivity index (χ4n) is 4.79. The molecule has 1 aliphatic carbocycles. The van der Waals surface area contributed by atoms with Crippen molar-refractivity contribution in [3.63, 3.8) is 0 Å². The monoisotopic (exact) mass is 473 g/mol. The number of hydrogen-bond donors (Lipinski definition) is 0. The van der Waals surface area contributed by atoms with Gasteiger partial charge in [0.1, 0.15) is 0 Å². The minimum absolute atomic E-state index is 0.0451. The summed E-state index contributed by atoms with van der Waals surface area (Å²) < 4.78 is 11.1. The van der Waals surface area contributed by atoms with Crippen molar-refractivity contribution in [2.45, 2.75) is 39.0 Å². The minimum atomic E-state index is -0.412. The van der Waals surface area contributed by atoms with Crippen molar-refractivity contribution in [2.75, 3.05) is 19.1 Å². The van der Waals surface area contributed by atoms with Gasteiger partial charge in [-0.2, -0.15) is 0 Å². The summed E-state index contributed by atoms with van der Waals surface area (Å²) in [5.74, 6) is 0.631. The number of para-hydroxylation sites is 1. The number of benzene rings is 2. The van der Waals surface area contributed by atoms with Crippen LogP contribution in [0.25, 0.3) is 0 Å². The zero-order valence-electron chi connectivity index (χ0n) is 18.5. The number of amides is 1. The number of Topliss-reactive ketones (excluding diaryl/α,β-unsaturated/α-hetero) is 1. The third-order valence-corrected chi connectivity index (χ3v) is 6.85. The van der Waals surface area contributed by atoms with Gasteiger partial charge in [0.05, 0.1) is 30.0 Å². The third kappa shape index (κ3) is 3.89. The van der Waals surface area contributed by atoms with Crippen LogP contribution < -0.4 is 14.4 Å². The number of ketones is 1. The molecule has 0 fully saturated rings. The first-order valence-corrected chi connectivity index (χ1v) is 11.2. The summed E-state index contributed by atoms with van der Waals surface area (Å²) in [5, 5.41) is 0.769. The van der Waals surface area contributed by atoms with Crippen LogP contribution >= 0.6 is 23.2 Å². The molecule has 1 unspecified atom stereocenters. The van der Waals surface area contributed by atoms with Crippen LogP contribution in [0, 0.1) is 5.41 Å². The highest BCUT2D eigenvalue weighted by Crippen LogP contribution is 2.50. The molecule has 2 aliphatic rings. The van der Waals surface area contributed by atoms with Crippen molar-refractivity contribution < 1.29 is 19.1 Å². The molecule has 0 saturated carbocycles. The molecule has 7 heteroatoms. The van der Waals surface area contributed by atoms with Gasteiger partial charge in [-0.1, -0.05) is 49.2 Å². The Kier molecular flexibility index (Phi) is 5.99. The largest absolute Gasteiger partial charge is 0.493 e. The quantitative estimate of drug-likeness (QED) is 0.532. The summed E-state index contributed by atoms with van der Waals surface area (Å²) in [6, 6.07) is 10.6. The Balaban J connectivity index is 1.94. The molecule has 0 aromatic heterocycles. The molecule has 1 atom stereocenters. The number of carbonyl (C=O) groups is 2. The van der Waals surface area contributed by atoms with Crippen LogP contribution in [0.2, 0.25) is 10.0 Å². The van der Waals surface area contributed by atoms with E-state index in [0.717, 1.165) is 11.3 Å². The maximum Gasteiger partial charge on any atom is 0.232 e. The van der Waals surface area contributed by atoms with Crippen molar-refractivity contribution in [3.05, 3.63) is 63.3 Å². The minimum Gasteiger partial charge on any atom is -0.493 e. The van der Waals surface area contributed by atoms with E-state index in [1.807, 2.05) is 26.0 Å². The molecule has 168 valence electrons. The summed E-state index contributed by atoms with van der Waals surface area (Å²) in [7, 11) is 3.13. The number of ether oxygens (including phenoxy) is 2. The second-order valence-electron chi connectivity index (χ2n) is 8.97. The molecule has 2 aromatic carbocycles. The van der Waals surface area contributed by atoms with Crippen molar-refractivity contribution in [1.82, 2.24) is 0 Å². The molecular weight excluding hydrogens is 449 g/mol. The van der Waals surface area contributed by atoms with Crippen molar-refractivity contribution >= 4 is 40.6 Å². The highest BCUT2D eigenvalue weighted by atomic mass is 35.5. The Morgan fingerprint density at radius 2 is 1.75 bits per heavy atom. The number of halogens is 2. The number of methoxy groups -OCH3 is 2. The van der Waals surface area contributed by atoms with E-state index in [2.05, 4.69) is 0 Å². The maximum absolute atomic E-state index is 13.5. The summed E-state index contributed by atoms with van der Waals surface area (Å²) >= 11 is 12.4. The molecule has 2 aromatic rings. The van der Waals surface area contributed by atoms with E-state index in [-0.39, 0.29) is 23.5 Å². The van der Waals surface area contributed by atoms with Crippen LogP contribution in [0.15, 0.2) is 47.7 Å². The van der Waals surface area contributed by atoms with E-state index in [1.54, 1.807) is 43.4 Å². The Morgan fingerprint density at radius 1 is 1.00 bits per heavy atom. The van der Waals surface area contributed by atoms with Gasteiger partial charge in [-0.05, 0) is 36.1 Å². The topological polar surface area (TPSA) is 55.8 Å². The van der Waals surface area contributed by atoms with Crippen LogP contribution in [-0.2, 0) is 9.59 Å². The molecule has 0 saturated heterocycles. The molecule has 0 spiro atoms. The van der Waals surface area contributed by atoms with Gasteiger partial charge in [-0.25, -0.2) is 0 Å². The van der Waals surface area contributed by atoms with E-state index in [0.29, 0.717) is 45.6 Å². The molecule has 4 rings (SSSR count). The van der Waals surface area contributed by atoms with Crippen LogP contribution in [0.5, 0.6) is 11.5 Å². The Labute approximate surface area is 197 Å². The molecule has 0 radical (unpaired) electrons. The first kappa shape index (κ1) is 22.7. The standard InChI is InChI=1S/C25H25Cl2NO4/c1-25(2)12-19-23(20(29)13-25)16(15-6-5-7-21(31-3)24(15)32-4)11-22(30)28(19)14-8-9-17(26)18(27)10-14/h5-10,16H,11-13H2,1-4H3. The normalized spacial score (nSPS) is 20.3. The SMILES string of the molecule is COc1cccc(C2CC(=O)N(c3ccc(Cl)c(Cl)c3)C3=C2C(=O)CC(C)(C)C3)c1OC. The Morgan fingerprint density at radius 3 is 2.41 bits per heavy atom. The van der Waals surface area contributed by atoms with E-state index in [4.69, 9.17) is 32.7 Å². The highest BCUT2D eigenvalue weighted by molar-refractivity contribution is 6.42. The van der Waals surface area contributed by atoms with Crippen LogP contribution in [0.3, 0.4) is 0 Å². The predicted octanol–water partition coefficient (Wildman–Crippen LogP) is 6.17. The fraction of sp³-hybridized carbons (Fsp3) is 0.360. The number of hydrogen-bond acceptors (Lipinski definition) is 4. The summed E-state index contributed by atoms with van der Waals surface area (Å²) in [5.41, 5.74) is 2.48. The molecule has 5 nitrogen and oxygen atoms in total. The van der Waals surface area contributed by atoms with Gasteiger partial charge in [0.2, 0.25) is 5.91 Å². The second-order valence-corrected chi connectivity index (χ2v) is 9.78. The van der Waals surface area contributed by atoms with Gasteiger partial charge in [0.15, 0.2) is 17.3 Å². The van der Waals surface area contributed by atoms with E-state index in [1.165, 1.54) is 0 Å². The number of nitrogens with zero attached hydrogens (tertiary/aromatic N) is 1. The van der Waals surface area contributed by atoms with Crippen molar-refractivity contribution in [3.8, 4) is 11.5 Å². The van der Waals surface area contributed by atoms with E-state index >= 15 is 0 Å². The fourth-order valence-corrected chi connectivity index (χ4v) is 5.08.